The van der Waals surface area contributed by atoms with Crippen molar-refractivity contribution >= 4 is 11.7 Å². The lowest BCUT2D eigenvalue weighted by Crippen LogP contribution is -2.28. The lowest BCUT2D eigenvalue weighted by atomic mass is 10.2. The van der Waals surface area contributed by atoms with Crippen LogP contribution in [0.4, 0.5) is 5.82 Å². The lowest BCUT2D eigenvalue weighted by molar-refractivity contribution is 0.0934. The molecule has 98 valence electrons. The number of nitrogens with one attached hydrogen (secondary N) is 2. The zero-order valence-corrected chi connectivity index (χ0v) is 10.9. The second-order valence-electron chi connectivity index (χ2n) is 4.11. The topological polar surface area (TPSA) is 66.9 Å². The van der Waals surface area contributed by atoms with Crippen molar-refractivity contribution < 1.29 is 4.79 Å². The van der Waals surface area contributed by atoms with Crippen LogP contribution in [0.1, 0.15) is 29.1 Å². The van der Waals surface area contributed by atoms with Crippen LogP contribution < -0.4 is 10.6 Å². The Bertz CT molecular complexity index is 556. The minimum absolute atomic E-state index is 0.159. The highest BCUT2D eigenvalue weighted by Gasteiger charge is 2.13. The molecule has 2 rings (SSSR count). The van der Waals surface area contributed by atoms with Crippen LogP contribution in [-0.4, -0.2) is 22.9 Å². The largest absolute Gasteiger partial charge is 0.373 e. The highest BCUT2D eigenvalue weighted by atomic mass is 16.1. The number of amides is 1. The molecule has 2 N–H and O–H groups in total. The third-order valence-electron chi connectivity index (χ3n) is 2.72. The summed E-state index contributed by atoms with van der Waals surface area (Å²) < 4.78 is 0. The van der Waals surface area contributed by atoms with Crippen molar-refractivity contribution in [2.75, 3.05) is 12.4 Å². The van der Waals surface area contributed by atoms with Crippen LogP contribution in [-0.2, 0) is 0 Å². The van der Waals surface area contributed by atoms with Gasteiger partial charge in [0.05, 0.1) is 11.7 Å². The molecule has 0 spiro atoms. The predicted octanol–water partition coefficient (Wildman–Crippen LogP) is 2.01. The van der Waals surface area contributed by atoms with Crippen LogP contribution in [0.5, 0.6) is 0 Å². The van der Waals surface area contributed by atoms with Crippen LogP contribution in [0.3, 0.4) is 0 Å². The molecule has 0 aliphatic carbocycles. The number of rotatable bonds is 4. The molecule has 1 atom stereocenters. The molecule has 1 unspecified atom stereocenters. The predicted molar refractivity (Wildman–Crippen MR) is 73.9 cm³/mol. The Kier molecular flexibility index (Phi) is 4.07. The van der Waals surface area contributed by atoms with E-state index >= 15 is 0 Å². The number of anilines is 1. The number of hydrogen-bond donors (Lipinski definition) is 2. The Morgan fingerprint density at radius 3 is 2.74 bits per heavy atom. The first kappa shape index (κ1) is 13.0. The van der Waals surface area contributed by atoms with Gasteiger partial charge in [-0.2, -0.15) is 0 Å². The molecule has 5 heteroatoms. The SMILES string of the molecule is CNc1cccc(C(=O)NC(C)c2ccccn2)n1. The Labute approximate surface area is 112 Å². The minimum Gasteiger partial charge on any atom is -0.373 e. The summed E-state index contributed by atoms with van der Waals surface area (Å²) in [4.78, 5) is 20.5. The van der Waals surface area contributed by atoms with Crippen LogP contribution in [0.25, 0.3) is 0 Å². The van der Waals surface area contributed by atoms with Gasteiger partial charge < -0.3 is 10.6 Å². The van der Waals surface area contributed by atoms with Gasteiger partial charge in [-0.05, 0) is 31.2 Å². The highest BCUT2D eigenvalue weighted by molar-refractivity contribution is 5.92. The molecule has 19 heavy (non-hydrogen) atoms. The van der Waals surface area contributed by atoms with E-state index in [0.29, 0.717) is 11.5 Å². The standard InChI is InChI=1S/C14H16N4O/c1-10(11-6-3-4-9-16-11)17-14(19)12-7-5-8-13(15-2)18-12/h3-10H,1-2H3,(H,15,18)(H,17,19). The molecule has 0 saturated heterocycles. The van der Waals surface area contributed by atoms with Crippen molar-refractivity contribution in [3.8, 4) is 0 Å². The first-order valence-electron chi connectivity index (χ1n) is 6.07. The normalized spacial score (nSPS) is 11.7. The molecule has 0 aliphatic heterocycles. The van der Waals surface area contributed by atoms with E-state index in [9.17, 15) is 4.79 Å². The summed E-state index contributed by atoms with van der Waals surface area (Å²) in [5.41, 5.74) is 1.20. The van der Waals surface area contributed by atoms with E-state index in [1.165, 1.54) is 0 Å². The summed E-state index contributed by atoms with van der Waals surface area (Å²) in [6.07, 6.45) is 1.71. The van der Waals surface area contributed by atoms with Gasteiger partial charge in [0.1, 0.15) is 11.5 Å². The van der Waals surface area contributed by atoms with Crippen molar-refractivity contribution in [2.24, 2.45) is 0 Å². The van der Waals surface area contributed by atoms with E-state index in [0.717, 1.165) is 5.69 Å². The van der Waals surface area contributed by atoms with Gasteiger partial charge in [0, 0.05) is 13.2 Å². The number of carbonyl (C=O) groups is 1. The number of aromatic nitrogens is 2. The fraction of sp³-hybridized carbons (Fsp3) is 0.214. The Balaban J connectivity index is 2.08. The van der Waals surface area contributed by atoms with Crippen LogP contribution in [0, 0.1) is 0 Å². The Hall–Kier alpha value is -2.43. The van der Waals surface area contributed by atoms with Gasteiger partial charge in [-0.3, -0.25) is 9.78 Å². The molecule has 0 aromatic carbocycles. The second-order valence-corrected chi connectivity index (χ2v) is 4.11. The maximum Gasteiger partial charge on any atom is 0.270 e. The maximum absolute atomic E-state index is 12.1. The first-order chi connectivity index (χ1) is 9.20. The van der Waals surface area contributed by atoms with E-state index in [4.69, 9.17) is 0 Å². The molecular weight excluding hydrogens is 240 g/mol. The van der Waals surface area contributed by atoms with Gasteiger partial charge >= 0.3 is 0 Å². The molecule has 2 aromatic heterocycles. The highest BCUT2D eigenvalue weighted by Crippen LogP contribution is 2.10. The Morgan fingerprint density at radius 2 is 2.05 bits per heavy atom. The summed E-state index contributed by atoms with van der Waals surface area (Å²) in [7, 11) is 1.76. The summed E-state index contributed by atoms with van der Waals surface area (Å²) in [5.74, 6) is 0.452. The van der Waals surface area contributed by atoms with Gasteiger partial charge in [-0.1, -0.05) is 12.1 Å². The fourth-order valence-electron chi connectivity index (χ4n) is 1.68. The van der Waals surface area contributed by atoms with Crippen molar-refractivity contribution in [1.29, 1.82) is 0 Å². The number of nitrogens with zero attached hydrogens (tertiary/aromatic N) is 2. The molecule has 0 saturated carbocycles. The average Bonchev–Trinajstić information content (AvgIpc) is 2.48. The lowest BCUT2D eigenvalue weighted by Gasteiger charge is -2.13. The third-order valence-corrected chi connectivity index (χ3v) is 2.72. The zero-order chi connectivity index (χ0) is 13.7. The molecule has 0 radical (unpaired) electrons. The summed E-state index contributed by atoms with van der Waals surface area (Å²) in [6, 6.07) is 10.7. The van der Waals surface area contributed by atoms with Crippen LogP contribution in [0.2, 0.25) is 0 Å². The molecule has 2 heterocycles. The number of hydrogen-bond acceptors (Lipinski definition) is 4. The maximum atomic E-state index is 12.1. The van der Waals surface area contributed by atoms with Crippen molar-refractivity contribution in [3.63, 3.8) is 0 Å². The average molecular weight is 256 g/mol. The van der Waals surface area contributed by atoms with Gasteiger partial charge in [0.15, 0.2) is 0 Å². The van der Waals surface area contributed by atoms with E-state index < -0.39 is 0 Å². The van der Waals surface area contributed by atoms with Crippen LogP contribution >= 0.6 is 0 Å². The number of pyridine rings is 2. The first-order valence-corrected chi connectivity index (χ1v) is 6.07. The van der Waals surface area contributed by atoms with E-state index in [1.807, 2.05) is 25.1 Å². The van der Waals surface area contributed by atoms with Crippen molar-refractivity contribution in [1.82, 2.24) is 15.3 Å². The summed E-state index contributed by atoms with van der Waals surface area (Å²) in [6.45, 7) is 1.89. The number of carbonyl (C=O) groups excluding carboxylic acids is 1. The molecule has 1 amide bonds. The zero-order valence-electron chi connectivity index (χ0n) is 10.9. The smallest absolute Gasteiger partial charge is 0.270 e. The summed E-state index contributed by atoms with van der Waals surface area (Å²) >= 11 is 0. The van der Waals surface area contributed by atoms with E-state index in [-0.39, 0.29) is 11.9 Å². The molecule has 0 bridgehead atoms. The van der Waals surface area contributed by atoms with Gasteiger partial charge in [-0.25, -0.2) is 4.98 Å². The van der Waals surface area contributed by atoms with Gasteiger partial charge in [0.25, 0.3) is 5.91 Å². The van der Waals surface area contributed by atoms with E-state index in [1.54, 1.807) is 31.4 Å². The molecule has 0 aliphatic rings. The molecule has 0 fully saturated rings. The van der Waals surface area contributed by atoms with Crippen molar-refractivity contribution in [2.45, 2.75) is 13.0 Å². The quantitative estimate of drug-likeness (QED) is 0.878. The molecular formula is C14H16N4O. The monoisotopic (exact) mass is 256 g/mol. The minimum atomic E-state index is -0.213. The third kappa shape index (κ3) is 3.28. The van der Waals surface area contributed by atoms with Crippen LogP contribution in [0.15, 0.2) is 42.6 Å². The summed E-state index contributed by atoms with van der Waals surface area (Å²) in [5, 5.41) is 5.78. The van der Waals surface area contributed by atoms with Crippen molar-refractivity contribution in [3.05, 3.63) is 54.0 Å². The van der Waals surface area contributed by atoms with Gasteiger partial charge in [-0.15, -0.1) is 0 Å². The molecule has 5 nitrogen and oxygen atoms in total. The van der Waals surface area contributed by atoms with E-state index in [2.05, 4.69) is 20.6 Å². The molecule has 2 aromatic rings. The fourth-order valence-corrected chi connectivity index (χ4v) is 1.68. The Morgan fingerprint density at radius 1 is 1.21 bits per heavy atom. The second kappa shape index (κ2) is 5.95. The van der Waals surface area contributed by atoms with Gasteiger partial charge in [0.2, 0.25) is 0 Å².